The standard InChI is InChI=1S/C12H10BrNO/c1-15-12-4-2-3-11(14-12)9-5-7-10(13)8-6-9/h2-8H,1H3. The minimum Gasteiger partial charge on any atom is -0.481 e. The third kappa shape index (κ3) is 2.36. The molecule has 1 aromatic heterocycles. The van der Waals surface area contributed by atoms with Crippen molar-refractivity contribution >= 4 is 15.9 Å². The van der Waals surface area contributed by atoms with Crippen LogP contribution >= 0.6 is 15.9 Å². The highest BCUT2D eigenvalue weighted by Crippen LogP contribution is 2.21. The molecule has 0 amide bonds. The van der Waals surface area contributed by atoms with E-state index in [1.807, 2.05) is 42.5 Å². The Morgan fingerprint density at radius 2 is 1.80 bits per heavy atom. The van der Waals surface area contributed by atoms with Crippen LogP contribution in [0.4, 0.5) is 0 Å². The number of methoxy groups -OCH3 is 1. The first-order chi connectivity index (χ1) is 7.29. The van der Waals surface area contributed by atoms with E-state index in [2.05, 4.69) is 20.9 Å². The third-order valence-electron chi connectivity index (χ3n) is 2.07. The molecule has 3 heteroatoms. The molecule has 0 saturated carbocycles. The Labute approximate surface area is 97.1 Å². The van der Waals surface area contributed by atoms with Gasteiger partial charge in [0.15, 0.2) is 0 Å². The Bertz CT molecular complexity index is 453. The molecular weight excluding hydrogens is 254 g/mol. The first kappa shape index (κ1) is 10.2. The van der Waals surface area contributed by atoms with Gasteiger partial charge in [-0.15, -0.1) is 0 Å². The van der Waals surface area contributed by atoms with Crippen LogP contribution in [0.2, 0.25) is 0 Å². The average Bonchev–Trinajstić information content (AvgIpc) is 2.30. The summed E-state index contributed by atoms with van der Waals surface area (Å²) >= 11 is 3.40. The maximum absolute atomic E-state index is 5.08. The number of rotatable bonds is 2. The van der Waals surface area contributed by atoms with Gasteiger partial charge in [0, 0.05) is 16.1 Å². The molecule has 0 atom stereocenters. The third-order valence-corrected chi connectivity index (χ3v) is 2.60. The normalized spacial score (nSPS) is 10.0. The molecule has 2 aromatic rings. The lowest BCUT2D eigenvalue weighted by Crippen LogP contribution is -1.89. The van der Waals surface area contributed by atoms with E-state index in [1.54, 1.807) is 7.11 Å². The van der Waals surface area contributed by atoms with Crippen LogP contribution in [-0.2, 0) is 0 Å². The van der Waals surface area contributed by atoms with E-state index >= 15 is 0 Å². The second-order valence-electron chi connectivity index (χ2n) is 3.07. The Morgan fingerprint density at radius 3 is 2.47 bits per heavy atom. The van der Waals surface area contributed by atoms with Crippen LogP contribution in [0.15, 0.2) is 46.9 Å². The fourth-order valence-corrected chi connectivity index (χ4v) is 1.57. The highest BCUT2D eigenvalue weighted by atomic mass is 79.9. The lowest BCUT2D eigenvalue weighted by molar-refractivity contribution is 0.398. The van der Waals surface area contributed by atoms with Crippen molar-refractivity contribution in [3.8, 4) is 17.1 Å². The fourth-order valence-electron chi connectivity index (χ4n) is 1.31. The maximum Gasteiger partial charge on any atom is 0.213 e. The molecule has 2 nitrogen and oxygen atoms in total. The number of hydrogen-bond donors (Lipinski definition) is 0. The Morgan fingerprint density at radius 1 is 1.07 bits per heavy atom. The average molecular weight is 264 g/mol. The van der Waals surface area contributed by atoms with E-state index in [4.69, 9.17) is 4.74 Å². The van der Waals surface area contributed by atoms with Crippen molar-refractivity contribution in [1.29, 1.82) is 0 Å². The van der Waals surface area contributed by atoms with Gasteiger partial charge >= 0.3 is 0 Å². The topological polar surface area (TPSA) is 22.1 Å². The van der Waals surface area contributed by atoms with Crippen LogP contribution < -0.4 is 4.74 Å². The summed E-state index contributed by atoms with van der Waals surface area (Å²) in [7, 11) is 1.62. The van der Waals surface area contributed by atoms with E-state index < -0.39 is 0 Å². The summed E-state index contributed by atoms with van der Waals surface area (Å²) in [6.07, 6.45) is 0. The zero-order valence-corrected chi connectivity index (χ0v) is 9.86. The first-order valence-corrected chi connectivity index (χ1v) is 5.36. The summed E-state index contributed by atoms with van der Waals surface area (Å²) in [5.74, 6) is 0.635. The van der Waals surface area contributed by atoms with Crippen molar-refractivity contribution in [2.75, 3.05) is 7.11 Å². The summed E-state index contributed by atoms with van der Waals surface area (Å²) in [6, 6.07) is 13.8. The highest BCUT2D eigenvalue weighted by molar-refractivity contribution is 9.10. The number of ether oxygens (including phenoxy) is 1. The van der Waals surface area contributed by atoms with Crippen molar-refractivity contribution in [3.63, 3.8) is 0 Å². The van der Waals surface area contributed by atoms with Gasteiger partial charge in [-0.2, -0.15) is 0 Å². The maximum atomic E-state index is 5.08. The zero-order chi connectivity index (χ0) is 10.7. The molecule has 2 rings (SSSR count). The lowest BCUT2D eigenvalue weighted by atomic mass is 10.1. The molecule has 76 valence electrons. The summed E-state index contributed by atoms with van der Waals surface area (Å²) in [4.78, 5) is 4.35. The number of hydrogen-bond acceptors (Lipinski definition) is 2. The molecule has 0 saturated heterocycles. The van der Waals surface area contributed by atoms with Crippen LogP contribution in [0.5, 0.6) is 5.88 Å². The van der Waals surface area contributed by atoms with Crippen LogP contribution in [0.3, 0.4) is 0 Å². The van der Waals surface area contributed by atoms with Gasteiger partial charge in [0.25, 0.3) is 0 Å². The minimum atomic E-state index is 0.635. The van der Waals surface area contributed by atoms with E-state index in [0.29, 0.717) is 5.88 Å². The van der Waals surface area contributed by atoms with Crippen LogP contribution in [0.1, 0.15) is 0 Å². The Balaban J connectivity index is 2.40. The number of halogens is 1. The van der Waals surface area contributed by atoms with Gasteiger partial charge in [0.05, 0.1) is 12.8 Å². The molecule has 0 aliphatic carbocycles. The van der Waals surface area contributed by atoms with E-state index in [-0.39, 0.29) is 0 Å². The van der Waals surface area contributed by atoms with Crippen molar-refractivity contribution in [2.24, 2.45) is 0 Å². The van der Waals surface area contributed by atoms with Gasteiger partial charge in [-0.3, -0.25) is 0 Å². The van der Waals surface area contributed by atoms with E-state index in [0.717, 1.165) is 15.7 Å². The minimum absolute atomic E-state index is 0.635. The molecular formula is C12H10BrNO. The van der Waals surface area contributed by atoms with Crippen LogP contribution in [-0.4, -0.2) is 12.1 Å². The molecule has 0 unspecified atom stereocenters. The summed E-state index contributed by atoms with van der Waals surface area (Å²) in [6.45, 7) is 0. The first-order valence-electron chi connectivity index (χ1n) is 4.56. The van der Waals surface area contributed by atoms with Gasteiger partial charge in [-0.1, -0.05) is 34.1 Å². The van der Waals surface area contributed by atoms with Crippen LogP contribution in [0, 0.1) is 0 Å². The predicted molar refractivity (Wildman–Crippen MR) is 63.9 cm³/mol. The van der Waals surface area contributed by atoms with Crippen LogP contribution in [0.25, 0.3) is 11.3 Å². The monoisotopic (exact) mass is 263 g/mol. The SMILES string of the molecule is COc1cccc(-c2ccc(Br)cc2)n1. The second-order valence-corrected chi connectivity index (χ2v) is 3.99. The molecule has 1 aromatic carbocycles. The van der Waals surface area contributed by atoms with E-state index in [1.165, 1.54) is 0 Å². The zero-order valence-electron chi connectivity index (χ0n) is 8.27. The van der Waals surface area contributed by atoms with Gasteiger partial charge in [-0.05, 0) is 18.2 Å². The number of aromatic nitrogens is 1. The van der Waals surface area contributed by atoms with Gasteiger partial charge in [0.2, 0.25) is 5.88 Å². The smallest absolute Gasteiger partial charge is 0.213 e. The van der Waals surface area contributed by atoms with Crippen molar-refractivity contribution in [3.05, 3.63) is 46.9 Å². The summed E-state index contributed by atoms with van der Waals surface area (Å²) in [5, 5.41) is 0. The molecule has 0 N–H and O–H groups in total. The molecule has 0 fully saturated rings. The Hall–Kier alpha value is -1.35. The highest BCUT2D eigenvalue weighted by Gasteiger charge is 2.00. The molecule has 0 radical (unpaired) electrons. The second kappa shape index (κ2) is 4.45. The molecule has 0 spiro atoms. The molecule has 1 heterocycles. The Kier molecular flexibility index (Phi) is 3.02. The van der Waals surface area contributed by atoms with Gasteiger partial charge in [-0.25, -0.2) is 4.98 Å². The van der Waals surface area contributed by atoms with Gasteiger partial charge in [0.1, 0.15) is 0 Å². The quantitative estimate of drug-likeness (QED) is 0.827. The summed E-state index contributed by atoms with van der Waals surface area (Å²) < 4.78 is 6.14. The molecule has 15 heavy (non-hydrogen) atoms. The number of benzene rings is 1. The fraction of sp³-hybridized carbons (Fsp3) is 0.0833. The van der Waals surface area contributed by atoms with Crippen molar-refractivity contribution in [2.45, 2.75) is 0 Å². The number of pyridine rings is 1. The number of nitrogens with zero attached hydrogens (tertiary/aromatic N) is 1. The molecule has 0 aliphatic rings. The lowest BCUT2D eigenvalue weighted by Gasteiger charge is -2.03. The van der Waals surface area contributed by atoms with E-state index in [9.17, 15) is 0 Å². The summed E-state index contributed by atoms with van der Waals surface area (Å²) in [5.41, 5.74) is 2.00. The molecule has 0 aliphatic heterocycles. The largest absolute Gasteiger partial charge is 0.481 e. The predicted octanol–water partition coefficient (Wildman–Crippen LogP) is 3.52. The van der Waals surface area contributed by atoms with Crippen molar-refractivity contribution in [1.82, 2.24) is 4.98 Å². The van der Waals surface area contributed by atoms with Gasteiger partial charge < -0.3 is 4.74 Å². The van der Waals surface area contributed by atoms with Crippen molar-refractivity contribution < 1.29 is 4.74 Å². The molecule has 0 bridgehead atoms.